The van der Waals surface area contributed by atoms with Gasteiger partial charge in [-0.25, -0.2) is 0 Å². The summed E-state index contributed by atoms with van der Waals surface area (Å²) in [5, 5.41) is 18.9. The quantitative estimate of drug-likeness (QED) is 0.150. The van der Waals surface area contributed by atoms with Crippen molar-refractivity contribution in [1.29, 1.82) is 0 Å². The number of thioether (sulfide) groups is 1. The Morgan fingerprint density at radius 3 is 2.34 bits per heavy atom. The molecule has 47 heavy (non-hydrogen) atoms. The smallest absolute Gasteiger partial charge is 0.229 e. The molecule has 0 aromatic heterocycles. The third-order valence-electron chi connectivity index (χ3n) is 7.85. The van der Waals surface area contributed by atoms with Crippen LogP contribution in [0.25, 0.3) is 0 Å². The summed E-state index contributed by atoms with van der Waals surface area (Å²) in [6.45, 7) is 10.8. The number of hydrogen-bond acceptors (Lipinski definition) is 9. The molecule has 2 aliphatic rings. The zero-order valence-electron chi connectivity index (χ0n) is 28.9. The molecule has 4 N–H and O–H groups in total. The van der Waals surface area contributed by atoms with Crippen LogP contribution in [0.5, 0.6) is 0 Å². The van der Waals surface area contributed by atoms with Crippen molar-refractivity contribution < 1.29 is 14.3 Å². The standard InChI is InChI=1S/C36H51N7O3S/c1-35(2,3)46-25-37-36(4,5)28-17-13-16-27(22-28)24-32(45)39-34-43(7)41-33(47-34)19-12-11-18-29-20-21-30(42(6)40-29)38-31(44)23-26-14-9-8-10-15-26/h8-10,13-17,20-22,34,37,40H,11-12,18-19,23-25H2,1-7H3,(H,38,44)(H,39,45). The van der Waals surface area contributed by atoms with Gasteiger partial charge in [0, 0.05) is 25.3 Å². The minimum atomic E-state index is -0.304. The maximum absolute atomic E-state index is 13.0. The van der Waals surface area contributed by atoms with E-state index in [1.807, 2.05) is 99.5 Å². The zero-order chi connectivity index (χ0) is 34.0. The van der Waals surface area contributed by atoms with Gasteiger partial charge in [-0.3, -0.25) is 24.9 Å². The first-order valence-electron chi connectivity index (χ1n) is 16.3. The van der Waals surface area contributed by atoms with Crippen LogP contribution in [0, 0.1) is 0 Å². The van der Waals surface area contributed by atoms with Crippen LogP contribution in [0.15, 0.2) is 83.4 Å². The average molecular weight is 662 g/mol. The second-order valence-electron chi connectivity index (χ2n) is 13.5. The second kappa shape index (κ2) is 16.3. The van der Waals surface area contributed by atoms with Gasteiger partial charge >= 0.3 is 0 Å². The summed E-state index contributed by atoms with van der Waals surface area (Å²) in [5.41, 5.74) is 6.77. The number of hydrogen-bond donors (Lipinski definition) is 4. The molecule has 2 aromatic rings. The summed E-state index contributed by atoms with van der Waals surface area (Å²) < 4.78 is 5.85. The van der Waals surface area contributed by atoms with E-state index in [-0.39, 0.29) is 28.5 Å². The van der Waals surface area contributed by atoms with Crippen LogP contribution < -0.4 is 21.4 Å². The van der Waals surface area contributed by atoms with E-state index in [1.165, 1.54) is 0 Å². The molecule has 2 aromatic carbocycles. The van der Waals surface area contributed by atoms with Gasteiger partial charge in [-0.15, -0.1) is 0 Å². The van der Waals surface area contributed by atoms with Crippen LogP contribution in [-0.2, 0) is 32.7 Å². The van der Waals surface area contributed by atoms with E-state index in [0.717, 1.165) is 58.9 Å². The van der Waals surface area contributed by atoms with E-state index in [2.05, 4.69) is 52.5 Å². The Morgan fingerprint density at radius 2 is 1.62 bits per heavy atom. The first-order chi connectivity index (χ1) is 22.3. The van der Waals surface area contributed by atoms with E-state index in [9.17, 15) is 9.59 Å². The van der Waals surface area contributed by atoms with Crippen molar-refractivity contribution in [3.8, 4) is 0 Å². The predicted octanol–water partition coefficient (Wildman–Crippen LogP) is 5.31. The number of hydrazone groups is 1. The summed E-state index contributed by atoms with van der Waals surface area (Å²) in [6, 6.07) is 17.9. The lowest BCUT2D eigenvalue weighted by atomic mass is 9.92. The molecular weight excluding hydrogens is 611 g/mol. The van der Waals surface area contributed by atoms with Gasteiger partial charge in [0.05, 0.1) is 30.2 Å². The number of amides is 2. The molecule has 2 heterocycles. The number of rotatable bonds is 15. The molecule has 1 unspecified atom stereocenters. The molecule has 0 fully saturated rings. The fourth-order valence-electron chi connectivity index (χ4n) is 5.10. The third kappa shape index (κ3) is 11.7. The average Bonchev–Trinajstić information content (AvgIpc) is 3.34. The SMILES string of the molecule is CN1NC(CCCCC2=NN(C)C(NC(=O)Cc3cccc(C(C)(C)NCOC(C)(C)C)c3)S2)=CC=C1NC(=O)Cc1ccccc1. The van der Waals surface area contributed by atoms with Gasteiger partial charge in [-0.1, -0.05) is 66.4 Å². The van der Waals surface area contributed by atoms with E-state index in [1.54, 1.807) is 11.8 Å². The molecule has 1 atom stereocenters. The van der Waals surface area contributed by atoms with Crippen molar-refractivity contribution in [3.63, 3.8) is 0 Å². The lowest BCUT2D eigenvalue weighted by Gasteiger charge is -2.30. The fourth-order valence-corrected chi connectivity index (χ4v) is 6.18. The van der Waals surface area contributed by atoms with Crippen molar-refractivity contribution in [2.75, 3.05) is 20.8 Å². The number of unbranched alkanes of at least 4 members (excludes halogenated alkanes) is 1. The Bertz CT molecular complexity index is 1470. The molecular formula is C36H51N7O3S. The summed E-state index contributed by atoms with van der Waals surface area (Å²) in [4.78, 5) is 25.5. The molecule has 0 spiro atoms. The lowest BCUT2D eigenvalue weighted by Crippen LogP contribution is -2.42. The van der Waals surface area contributed by atoms with Gasteiger partial charge in [0.1, 0.15) is 5.82 Å². The highest BCUT2D eigenvalue weighted by molar-refractivity contribution is 8.14. The number of nitrogens with one attached hydrogen (secondary N) is 4. The number of carbonyl (C=O) groups excluding carboxylic acids is 2. The molecule has 4 rings (SSSR count). The maximum Gasteiger partial charge on any atom is 0.229 e. The maximum atomic E-state index is 13.0. The topological polar surface area (TPSA) is 110 Å². The van der Waals surface area contributed by atoms with Gasteiger partial charge in [0.2, 0.25) is 11.8 Å². The lowest BCUT2D eigenvalue weighted by molar-refractivity contribution is -0.121. The molecule has 2 amide bonds. The summed E-state index contributed by atoms with van der Waals surface area (Å²) in [6.07, 6.45) is 8.29. The molecule has 0 saturated heterocycles. The minimum absolute atomic E-state index is 0.0344. The third-order valence-corrected chi connectivity index (χ3v) is 9.05. The van der Waals surface area contributed by atoms with Gasteiger partial charge in [-0.05, 0) is 89.1 Å². The van der Waals surface area contributed by atoms with Crippen LogP contribution in [0.3, 0.4) is 0 Å². The summed E-state index contributed by atoms with van der Waals surface area (Å²) in [5.74, 6) is 0.636. The monoisotopic (exact) mass is 661 g/mol. The largest absolute Gasteiger partial charge is 0.361 e. The molecule has 2 aliphatic heterocycles. The Morgan fingerprint density at radius 1 is 0.915 bits per heavy atom. The number of benzene rings is 2. The van der Waals surface area contributed by atoms with Crippen LogP contribution in [0.1, 0.15) is 77.0 Å². The van der Waals surface area contributed by atoms with Gasteiger partial charge in [0.15, 0.2) is 5.50 Å². The van der Waals surface area contributed by atoms with E-state index in [0.29, 0.717) is 19.6 Å². The van der Waals surface area contributed by atoms with Crippen molar-refractivity contribution in [2.45, 2.75) is 89.8 Å². The fraction of sp³-hybridized carbons (Fsp3) is 0.472. The summed E-state index contributed by atoms with van der Waals surface area (Å²) in [7, 11) is 3.80. The first-order valence-corrected chi connectivity index (χ1v) is 17.2. The van der Waals surface area contributed by atoms with Gasteiger partial charge in [-0.2, -0.15) is 5.10 Å². The van der Waals surface area contributed by atoms with Crippen molar-refractivity contribution >= 4 is 28.6 Å². The van der Waals surface area contributed by atoms with E-state index >= 15 is 0 Å². The zero-order valence-corrected chi connectivity index (χ0v) is 29.7. The van der Waals surface area contributed by atoms with Crippen molar-refractivity contribution in [3.05, 3.63) is 95.0 Å². The predicted molar refractivity (Wildman–Crippen MR) is 191 cm³/mol. The normalized spacial score (nSPS) is 16.7. The highest BCUT2D eigenvalue weighted by Gasteiger charge is 2.26. The highest BCUT2D eigenvalue weighted by atomic mass is 32.2. The molecule has 0 aliphatic carbocycles. The van der Waals surface area contributed by atoms with Gasteiger partial charge < -0.3 is 20.8 Å². The van der Waals surface area contributed by atoms with Crippen molar-refractivity contribution in [1.82, 2.24) is 31.4 Å². The molecule has 0 radical (unpaired) electrons. The molecule has 0 saturated carbocycles. The Balaban J connectivity index is 1.16. The molecule has 10 nitrogen and oxygen atoms in total. The minimum Gasteiger partial charge on any atom is -0.361 e. The summed E-state index contributed by atoms with van der Waals surface area (Å²) >= 11 is 1.60. The van der Waals surface area contributed by atoms with Crippen LogP contribution in [-0.4, -0.2) is 58.8 Å². The number of hydrazine groups is 1. The highest BCUT2D eigenvalue weighted by Crippen LogP contribution is 2.27. The number of ether oxygens (including phenoxy) is 1. The van der Waals surface area contributed by atoms with Crippen LogP contribution in [0.4, 0.5) is 0 Å². The van der Waals surface area contributed by atoms with Crippen LogP contribution in [0.2, 0.25) is 0 Å². The van der Waals surface area contributed by atoms with Crippen molar-refractivity contribution in [2.24, 2.45) is 5.10 Å². The molecule has 0 bridgehead atoms. The first kappa shape index (κ1) is 36.0. The number of nitrogens with zero attached hydrogens (tertiary/aromatic N) is 3. The van der Waals surface area contributed by atoms with Gasteiger partial charge in [0.25, 0.3) is 0 Å². The van der Waals surface area contributed by atoms with E-state index in [4.69, 9.17) is 4.74 Å². The van der Waals surface area contributed by atoms with E-state index < -0.39 is 0 Å². The molecule has 254 valence electrons. The Kier molecular flexibility index (Phi) is 12.5. The second-order valence-corrected chi connectivity index (χ2v) is 14.7. The number of allylic oxidation sites excluding steroid dienone is 3. The molecule has 11 heteroatoms. The Labute approximate surface area is 284 Å². The van der Waals surface area contributed by atoms with Crippen LogP contribution >= 0.6 is 11.8 Å². The number of carbonyl (C=O) groups is 2. The Hall–Kier alpha value is -3.80.